The Morgan fingerprint density at radius 1 is 1.39 bits per heavy atom. The maximum absolute atomic E-state index is 9.49. The fourth-order valence-electron chi connectivity index (χ4n) is 2.96. The van der Waals surface area contributed by atoms with Gasteiger partial charge in [0.2, 0.25) is 0 Å². The molecule has 1 unspecified atom stereocenters. The van der Waals surface area contributed by atoms with Gasteiger partial charge in [-0.2, -0.15) is 0 Å². The number of aliphatic hydroxyl groups is 2. The third-order valence-corrected chi connectivity index (χ3v) is 5.33. The Hall–Kier alpha value is -0.123. The zero-order valence-corrected chi connectivity index (χ0v) is 13.5. The molecule has 2 nitrogen and oxygen atoms in total. The van der Waals surface area contributed by atoms with Crippen LogP contribution in [0.15, 0.2) is 11.6 Å². The van der Waals surface area contributed by atoms with Gasteiger partial charge in [-0.15, -0.1) is 0 Å². The summed E-state index contributed by atoms with van der Waals surface area (Å²) in [5.74, 6) is 0. The number of hydrogen-bond acceptors (Lipinski definition) is 2. The van der Waals surface area contributed by atoms with Crippen molar-refractivity contribution >= 4 is 8.07 Å². The van der Waals surface area contributed by atoms with Gasteiger partial charge in [0.25, 0.3) is 0 Å². The molecule has 0 saturated heterocycles. The summed E-state index contributed by atoms with van der Waals surface area (Å²) in [6, 6.07) is 1.31. The molecule has 0 saturated carbocycles. The quantitative estimate of drug-likeness (QED) is 0.572. The van der Waals surface area contributed by atoms with Crippen LogP contribution in [0.3, 0.4) is 0 Å². The van der Waals surface area contributed by atoms with Crippen molar-refractivity contribution in [3.05, 3.63) is 11.6 Å². The van der Waals surface area contributed by atoms with E-state index < -0.39 is 14.2 Å². The van der Waals surface area contributed by atoms with Gasteiger partial charge in [0.15, 0.2) is 0 Å². The molecule has 106 valence electrons. The van der Waals surface area contributed by atoms with Crippen LogP contribution in [0, 0.1) is 5.41 Å². The van der Waals surface area contributed by atoms with Crippen LogP contribution in [0.2, 0.25) is 25.7 Å². The Morgan fingerprint density at radius 3 is 2.61 bits per heavy atom. The molecule has 1 rings (SSSR count). The topological polar surface area (TPSA) is 40.5 Å². The third kappa shape index (κ3) is 5.68. The molecule has 0 bridgehead atoms. The summed E-state index contributed by atoms with van der Waals surface area (Å²) in [7, 11) is -1.02. The van der Waals surface area contributed by atoms with E-state index in [-0.39, 0.29) is 12.0 Å². The lowest BCUT2D eigenvalue weighted by Crippen LogP contribution is -2.25. The van der Waals surface area contributed by atoms with Gasteiger partial charge in [-0.1, -0.05) is 38.2 Å². The van der Waals surface area contributed by atoms with Crippen molar-refractivity contribution in [2.24, 2.45) is 5.41 Å². The lowest BCUT2D eigenvalue weighted by Gasteiger charge is -2.34. The molecule has 0 aromatic heterocycles. The minimum Gasteiger partial charge on any atom is -0.394 e. The Morgan fingerprint density at radius 2 is 2.06 bits per heavy atom. The van der Waals surface area contributed by atoms with E-state index in [1.807, 2.05) is 0 Å². The first-order valence-electron chi connectivity index (χ1n) is 7.24. The Bertz CT molecular complexity index is 293. The van der Waals surface area contributed by atoms with Gasteiger partial charge in [-0.3, -0.25) is 0 Å². The first-order chi connectivity index (χ1) is 8.24. The molecule has 1 aliphatic carbocycles. The lowest BCUT2D eigenvalue weighted by atomic mass is 9.75. The molecule has 0 amide bonds. The van der Waals surface area contributed by atoms with Gasteiger partial charge in [0.1, 0.15) is 0 Å². The molecular formula is C15H30O2Si. The van der Waals surface area contributed by atoms with Gasteiger partial charge < -0.3 is 10.2 Å². The van der Waals surface area contributed by atoms with E-state index >= 15 is 0 Å². The first kappa shape index (κ1) is 15.9. The monoisotopic (exact) mass is 270 g/mol. The second kappa shape index (κ2) is 6.35. The molecule has 0 aliphatic heterocycles. The summed E-state index contributed by atoms with van der Waals surface area (Å²) >= 11 is 0. The fourth-order valence-corrected chi connectivity index (χ4v) is 4.60. The minimum atomic E-state index is -1.02. The highest BCUT2D eigenvalue weighted by molar-refractivity contribution is 6.76. The molecule has 0 aromatic carbocycles. The van der Waals surface area contributed by atoms with E-state index in [4.69, 9.17) is 5.11 Å². The van der Waals surface area contributed by atoms with E-state index in [0.29, 0.717) is 6.42 Å². The van der Waals surface area contributed by atoms with Crippen LogP contribution in [-0.4, -0.2) is 31.0 Å². The Kier molecular flexibility index (Phi) is 5.62. The molecule has 0 spiro atoms. The third-order valence-electron chi connectivity index (χ3n) is 3.82. The van der Waals surface area contributed by atoms with Gasteiger partial charge in [0.05, 0.1) is 12.7 Å². The van der Waals surface area contributed by atoms with Crippen molar-refractivity contribution < 1.29 is 10.2 Å². The highest BCUT2D eigenvalue weighted by atomic mass is 28.3. The zero-order chi connectivity index (χ0) is 13.8. The normalized spacial score (nSPS) is 26.9. The summed E-state index contributed by atoms with van der Waals surface area (Å²) in [6.45, 7) is 9.47. The second-order valence-electron chi connectivity index (χ2n) is 7.42. The average Bonchev–Trinajstić information content (AvgIpc) is 2.23. The summed E-state index contributed by atoms with van der Waals surface area (Å²) in [5.41, 5.74) is 1.88. The molecular weight excluding hydrogens is 240 g/mol. The van der Waals surface area contributed by atoms with Crippen LogP contribution < -0.4 is 0 Å². The minimum absolute atomic E-state index is 0.110. The van der Waals surface area contributed by atoms with Gasteiger partial charge >= 0.3 is 0 Å². The van der Waals surface area contributed by atoms with Gasteiger partial charge in [0, 0.05) is 8.07 Å². The molecule has 0 aromatic rings. The molecule has 0 fully saturated rings. The lowest BCUT2D eigenvalue weighted by molar-refractivity contribution is 0.0776. The van der Waals surface area contributed by atoms with E-state index in [1.54, 1.807) is 5.57 Å². The maximum atomic E-state index is 9.49. The predicted molar refractivity (Wildman–Crippen MR) is 80.5 cm³/mol. The SMILES string of the molecule is C[C@]1(CCC(O)CO)C=C(C[Si](C)(C)C)CCC1. The second-order valence-corrected chi connectivity index (χ2v) is 12.9. The zero-order valence-electron chi connectivity index (χ0n) is 12.5. The van der Waals surface area contributed by atoms with Crippen LogP contribution >= 0.6 is 0 Å². The van der Waals surface area contributed by atoms with Crippen LogP contribution in [0.4, 0.5) is 0 Å². The van der Waals surface area contributed by atoms with Gasteiger partial charge in [-0.05, 0) is 43.6 Å². The molecule has 3 heteroatoms. The smallest absolute Gasteiger partial charge is 0.0771 e. The molecule has 0 heterocycles. The highest BCUT2D eigenvalue weighted by Gasteiger charge is 2.28. The number of rotatable bonds is 6. The molecule has 18 heavy (non-hydrogen) atoms. The predicted octanol–water partition coefficient (Wildman–Crippen LogP) is 3.57. The summed E-state index contributed by atoms with van der Waals surface area (Å²) in [6.07, 6.45) is 7.41. The largest absolute Gasteiger partial charge is 0.394 e. The van der Waals surface area contributed by atoms with Crippen LogP contribution in [-0.2, 0) is 0 Å². The first-order valence-corrected chi connectivity index (χ1v) is 10.9. The van der Waals surface area contributed by atoms with Crippen molar-refractivity contribution in [2.75, 3.05) is 6.61 Å². The van der Waals surface area contributed by atoms with E-state index in [2.05, 4.69) is 32.6 Å². The molecule has 2 N–H and O–H groups in total. The summed E-state index contributed by atoms with van der Waals surface area (Å²) in [4.78, 5) is 0. The van der Waals surface area contributed by atoms with Crippen molar-refractivity contribution in [2.45, 2.75) is 70.8 Å². The average molecular weight is 270 g/mol. The molecule has 0 radical (unpaired) electrons. The van der Waals surface area contributed by atoms with E-state index in [0.717, 1.165) is 6.42 Å². The highest BCUT2D eigenvalue weighted by Crippen LogP contribution is 2.40. The summed E-state index contributed by atoms with van der Waals surface area (Å²) in [5, 5.41) is 18.4. The van der Waals surface area contributed by atoms with Crippen LogP contribution in [0.1, 0.15) is 39.0 Å². The number of aliphatic hydroxyl groups excluding tert-OH is 2. The Labute approximate surface area is 113 Å². The van der Waals surface area contributed by atoms with Crippen molar-refractivity contribution in [1.29, 1.82) is 0 Å². The van der Waals surface area contributed by atoms with Crippen molar-refractivity contribution in [1.82, 2.24) is 0 Å². The standard InChI is InChI=1S/C15H30O2Si/c1-15(9-7-14(17)11-16)8-5-6-13(10-15)12-18(2,3)4/h10,14,16-17H,5-9,11-12H2,1-4H3/t14?,15-/m0/s1. The maximum Gasteiger partial charge on any atom is 0.0771 e. The van der Waals surface area contributed by atoms with Crippen molar-refractivity contribution in [3.8, 4) is 0 Å². The Balaban J connectivity index is 2.61. The van der Waals surface area contributed by atoms with E-state index in [1.165, 1.54) is 25.3 Å². The summed E-state index contributed by atoms with van der Waals surface area (Å²) < 4.78 is 0. The molecule has 1 aliphatic rings. The van der Waals surface area contributed by atoms with E-state index in [9.17, 15) is 5.11 Å². The van der Waals surface area contributed by atoms with Crippen LogP contribution in [0.5, 0.6) is 0 Å². The fraction of sp³-hybridized carbons (Fsp3) is 0.867. The van der Waals surface area contributed by atoms with Gasteiger partial charge in [-0.25, -0.2) is 0 Å². The molecule has 2 atom stereocenters. The number of hydrogen-bond donors (Lipinski definition) is 2. The van der Waals surface area contributed by atoms with Crippen LogP contribution in [0.25, 0.3) is 0 Å². The number of allylic oxidation sites excluding steroid dienone is 2. The van der Waals surface area contributed by atoms with Crippen molar-refractivity contribution in [3.63, 3.8) is 0 Å².